The maximum Gasteiger partial charge on any atom is 0.254 e. The molecular formula is C21H20FN3O3S. The second-order valence-electron chi connectivity index (χ2n) is 6.17. The van der Waals surface area contributed by atoms with E-state index in [1.807, 2.05) is 12.3 Å². The fraction of sp³-hybridized carbons (Fsp3) is 0.190. The Morgan fingerprint density at radius 2 is 1.83 bits per heavy atom. The van der Waals surface area contributed by atoms with Crippen molar-refractivity contribution in [2.24, 2.45) is 0 Å². The average molecular weight is 413 g/mol. The van der Waals surface area contributed by atoms with E-state index in [9.17, 15) is 14.0 Å². The lowest BCUT2D eigenvalue weighted by atomic mass is 10.2. The predicted molar refractivity (Wildman–Crippen MR) is 109 cm³/mol. The minimum atomic E-state index is -0.585. The van der Waals surface area contributed by atoms with Gasteiger partial charge in [-0.2, -0.15) is 0 Å². The first-order valence-corrected chi connectivity index (χ1v) is 9.85. The number of hydrogen-bond acceptors (Lipinski definition) is 5. The summed E-state index contributed by atoms with van der Waals surface area (Å²) in [6.07, 6.45) is 0. The number of aryl methyl sites for hydroxylation is 1. The van der Waals surface area contributed by atoms with Crippen LogP contribution < -0.4 is 15.4 Å². The molecule has 2 amide bonds. The third-order valence-corrected chi connectivity index (χ3v) is 4.79. The normalized spacial score (nSPS) is 10.4. The van der Waals surface area contributed by atoms with Gasteiger partial charge in [-0.1, -0.05) is 18.2 Å². The Balaban J connectivity index is 1.45. The molecule has 0 aliphatic carbocycles. The van der Waals surface area contributed by atoms with Crippen LogP contribution in [0.2, 0.25) is 0 Å². The van der Waals surface area contributed by atoms with Crippen molar-refractivity contribution in [3.05, 3.63) is 81.6 Å². The number of halogens is 1. The van der Waals surface area contributed by atoms with E-state index < -0.39 is 11.7 Å². The van der Waals surface area contributed by atoms with Crippen molar-refractivity contribution in [1.29, 1.82) is 0 Å². The van der Waals surface area contributed by atoms with Gasteiger partial charge in [-0.25, -0.2) is 9.37 Å². The summed E-state index contributed by atoms with van der Waals surface area (Å²) in [4.78, 5) is 28.6. The van der Waals surface area contributed by atoms with Crippen LogP contribution >= 0.6 is 11.3 Å². The first-order valence-electron chi connectivity index (χ1n) is 8.98. The van der Waals surface area contributed by atoms with Gasteiger partial charge in [-0.3, -0.25) is 9.59 Å². The predicted octanol–water partition coefficient (Wildman–Crippen LogP) is 3.33. The van der Waals surface area contributed by atoms with E-state index in [-0.39, 0.29) is 24.6 Å². The second kappa shape index (κ2) is 9.79. The van der Waals surface area contributed by atoms with Gasteiger partial charge < -0.3 is 15.4 Å². The number of carbonyl (C=O) groups excluding carboxylic acids is 2. The molecule has 0 radical (unpaired) electrons. The zero-order valence-corrected chi connectivity index (χ0v) is 16.6. The van der Waals surface area contributed by atoms with Crippen LogP contribution in [0.3, 0.4) is 0 Å². The third kappa shape index (κ3) is 5.86. The quantitative estimate of drug-likeness (QED) is 0.555. The van der Waals surface area contributed by atoms with Crippen molar-refractivity contribution in [3.8, 4) is 5.75 Å². The molecule has 150 valence electrons. The van der Waals surface area contributed by atoms with Crippen molar-refractivity contribution >= 4 is 23.2 Å². The largest absolute Gasteiger partial charge is 0.487 e. The van der Waals surface area contributed by atoms with E-state index in [1.165, 1.54) is 18.2 Å². The van der Waals surface area contributed by atoms with Gasteiger partial charge in [0.15, 0.2) is 0 Å². The zero-order valence-electron chi connectivity index (χ0n) is 15.8. The molecule has 0 atom stereocenters. The van der Waals surface area contributed by atoms with Crippen molar-refractivity contribution in [1.82, 2.24) is 15.6 Å². The number of nitrogens with one attached hydrogen (secondary N) is 2. The Morgan fingerprint density at radius 3 is 2.55 bits per heavy atom. The van der Waals surface area contributed by atoms with Crippen LogP contribution in [0.5, 0.6) is 5.75 Å². The van der Waals surface area contributed by atoms with Crippen LogP contribution in [0.25, 0.3) is 0 Å². The number of nitrogens with zero attached hydrogens (tertiary/aromatic N) is 1. The summed E-state index contributed by atoms with van der Waals surface area (Å²) in [7, 11) is 0. The van der Waals surface area contributed by atoms with E-state index in [0.29, 0.717) is 17.9 Å². The Hall–Kier alpha value is -3.26. The van der Waals surface area contributed by atoms with Gasteiger partial charge in [0.25, 0.3) is 11.8 Å². The summed E-state index contributed by atoms with van der Waals surface area (Å²) in [5.41, 5.74) is 1.25. The number of amides is 2. The lowest BCUT2D eigenvalue weighted by Gasteiger charge is -2.09. The highest BCUT2D eigenvalue weighted by Gasteiger charge is 2.11. The lowest BCUT2D eigenvalue weighted by Crippen LogP contribution is -2.35. The van der Waals surface area contributed by atoms with E-state index in [4.69, 9.17) is 4.74 Å². The van der Waals surface area contributed by atoms with Crippen molar-refractivity contribution in [2.45, 2.75) is 13.5 Å². The fourth-order valence-corrected chi connectivity index (χ4v) is 3.15. The number of carbonyl (C=O) groups is 2. The molecule has 0 spiro atoms. The molecule has 2 N–H and O–H groups in total. The van der Waals surface area contributed by atoms with Gasteiger partial charge in [0.2, 0.25) is 0 Å². The Morgan fingerprint density at radius 1 is 1.07 bits per heavy atom. The first kappa shape index (κ1) is 20.5. The number of benzene rings is 2. The topological polar surface area (TPSA) is 80.3 Å². The molecule has 3 rings (SSSR count). The summed E-state index contributed by atoms with van der Waals surface area (Å²) >= 11 is 1.55. The van der Waals surface area contributed by atoms with Crippen LogP contribution in [0, 0.1) is 12.7 Å². The van der Waals surface area contributed by atoms with Gasteiger partial charge >= 0.3 is 0 Å². The Bertz CT molecular complexity index is 1010. The van der Waals surface area contributed by atoms with Gasteiger partial charge in [0.1, 0.15) is 18.2 Å². The molecule has 0 unspecified atom stereocenters. The molecule has 0 aliphatic rings. The highest BCUT2D eigenvalue weighted by atomic mass is 32.1. The standard InChI is InChI=1S/C21H20FN3O3S/c1-14-25-16(13-29-14)12-28-17-6-4-5-15(11-17)20(26)23-9-10-24-21(27)18-7-2-3-8-19(18)22/h2-8,11,13H,9-10,12H2,1H3,(H,23,26)(H,24,27). The van der Waals surface area contributed by atoms with Gasteiger partial charge in [-0.15, -0.1) is 11.3 Å². The molecule has 8 heteroatoms. The molecule has 2 aromatic carbocycles. The maximum atomic E-state index is 13.6. The highest BCUT2D eigenvalue weighted by Crippen LogP contribution is 2.16. The number of rotatable bonds is 8. The van der Waals surface area contributed by atoms with Gasteiger partial charge in [0.05, 0.1) is 16.3 Å². The van der Waals surface area contributed by atoms with Crippen LogP contribution in [0.4, 0.5) is 4.39 Å². The molecule has 0 saturated heterocycles. The first-order chi connectivity index (χ1) is 14.0. The summed E-state index contributed by atoms with van der Waals surface area (Å²) in [6, 6.07) is 12.6. The van der Waals surface area contributed by atoms with Gasteiger partial charge in [-0.05, 0) is 37.3 Å². The molecule has 0 fully saturated rings. The van der Waals surface area contributed by atoms with E-state index in [2.05, 4.69) is 15.6 Å². The summed E-state index contributed by atoms with van der Waals surface area (Å²) in [6.45, 7) is 2.65. The van der Waals surface area contributed by atoms with Crippen LogP contribution in [-0.4, -0.2) is 29.9 Å². The zero-order chi connectivity index (χ0) is 20.6. The average Bonchev–Trinajstić information content (AvgIpc) is 3.15. The minimum Gasteiger partial charge on any atom is -0.487 e. The SMILES string of the molecule is Cc1nc(COc2cccc(C(=O)NCCNC(=O)c3ccccc3F)c2)cs1. The molecule has 3 aromatic rings. The highest BCUT2D eigenvalue weighted by molar-refractivity contribution is 7.09. The molecular weight excluding hydrogens is 393 g/mol. The smallest absolute Gasteiger partial charge is 0.254 e. The fourth-order valence-electron chi connectivity index (χ4n) is 2.55. The third-order valence-electron chi connectivity index (χ3n) is 3.96. The summed E-state index contributed by atoms with van der Waals surface area (Å²) in [5, 5.41) is 8.19. The Kier molecular flexibility index (Phi) is 6.91. The lowest BCUT2D eigenvalue weighted by molar-refractivity contribution is 0.0925. The van der Waals surface area contributed by atoms with E-state index in [1.54, 1.807) is 41.7 Å². The molecule has 29 heavy (non-hydrogen) atoms. The molecule has 0 aliphatic heterocycles. The van der Waals surface area contributed by atoms with E-state index in [0.717, 1.165) is 10.7 Å². The molecule has 1 heterocycles. The monoisotopic (exact) mass is 413 g/mol. The van der Waals surface area contributed by atoms with Gasteiger partial charge in [0, 0.05) is 24.0 Å². The van der Waals surface area contributed by atoms with Crippen molar-refractivity contribution in [2.75, 3.05) is 13.1 Å². The van der Waals surface area contributed by atoms with Crippen LogP contribution in [0.1, 0.15) is 31.4 Å². The molecule has 6 nitrogen and oxygen atoms in total. The number of hydrogen-bond donors (Lipinski definition) is 2. The second-order valence-corrected chi connectivity index (χ2v) is 7.23. The Labute approximate surface area is 171 Å². The van der Waals surface area contributed by atoms with E-state index >= 15 is 0 Å². The summed E-state index contributed by atoms with van der Waals surface area (Å²) < 4.78 is 19.2. The maximum absolute atomic E-state index is 13.6. The number of aromatic nitrogens is 1. The minimum absolute atomic E-state index is 0.0287. The summed E-state index contributed by atoms with van der Waals surface area (Å²) in [5.74, 6) is -0.833. The van der Waals surface area contributed by atoms with Crippen LogP contribution in [0.15, 0.2) is 53.9 Å². The molecule has 1 aromatic heterocycles. The molecule has 0 saturated carbocycles. The number of thiazole rings is 1. The van der Waals surface area contributed by atoms with Crippen molar-refractivity contribution < 1.29 is 18.7 Å². The molecule has 0 bridgehead atoms. The van der Waals surface area contributed by atoms with Crippen LogP contribution in [-0.2, 0) is 6.61 Å². The number of ether oxygens (including phenoxy) is 1. The van der Waals surface area contributed by atoms with Crippen molar-refractivity contribution in [3.63, 3.8) is 0 Å².